The fourth-order valence-corrected chi connectivity index (χ4v) is 2.80. The van der Waals surface area contributed by atoms with Gasteiger partial charge in [0.05, 0.1) is 18.3 Å². The first-order valence-electron chi connectivity index (χ1n) is 6.49. The van der Waals surface area contributed by atoms with Crippen LogP contribution in [-0.4, -0.2) is 43.5 Å². The molecule has 0 spiro atoms. The first kappa shape index (κ1) is 12.3. The molecule has 5 heteroatoms. The second-order valence-electron chi connectivity index (χ2n) is 4.98. The number of hydrogen-bond acceptors (Lipinski definition) is 4. The summed E-state index contributed by atoms with van der Waals surface area (Å²) < 4.78 is 10.9. The second-order valence-corrected chi connectivity index (χ2v) is 4.98. The molecule has 0 unspecified atom stereocenters. The van der Waals surface area contributed by atoms with E-state index in [9.17, 15) is 9.90 Å². The van der Waals surface area contributed by atoms with Gasteiger partial charge in [-0.2, -0.15) is 0 Å². The number of carboxylic acid groups (broad SMARTS) is 1. The van der Waals surface area contributed by atoms with Crippen LogP contribution in [0.4, 0.5) is 5.69 Å². The van der Waals surface area contributed by atoms with Gasteiger partial charge in [0, 0.05) is 13.2 Å². The molecule has 1 aliphatic carbocycles. The van der Waals surface area contributed by atoms with Crippen LogP contribution in [0.25, 0.3) is 0 Å². The first-order valence-corrected chi connectivity index (χ1v) is 6.49. The van der Waals surface area contributed by atoms with Crippen LogP contribution in [0.3, 0.4) is 0 Å². The maximum Gasteiger partial charge on any atom is 0.339 e. The summed E-state index contributed by atoms with van der Waals surface area (Å²) in [5, 5.41) is 9.20. The van der Waals surface area contributed by atoms with Crippen LogP contribution < -0.4 is 9.64 Å². The number of anilines is 1. The molecule has 1 heterocycles. The summed E-state index contributed by atoms with van der Waals surface area (Å²) in [5.74, 6) is -0.441. The zero-order valence-electron chi connectivity index (χ0n) is 10.8. The van der Waals surface area contributed by atoms with Gasteiger partial charge in [0.1, 0.15) is 12.2 Å². The smallest absolute Gasteiger partial charge is 0.339 e. The average molecular weight is 263 g/mol. The third kappa shape index (κ3) is 2.04. The van der Waals surface area contributed by atoms with E-state index in [-0.39, 0.29) is 5.56 Å². The minimum absolute atomic E-state index is 0.241. The minimum Gasteiger partial charge on any atom is -0.489 e. The average Bonchev–Trinajstić information content (AvgIpc) is 2.37. The van der Waals surface area contributed by atoms with E-state index < -0.39 is 5.97 Å². The predicted molar refractivity (Wildman–Crippen MR) is 70.1 cm³/mol. The van der Waals surface area contributed by atoms with Gasteiger partial charge >= 0.3 is 5.97 Å². The maximum absolute atomic E-state index is 11.2. The molecule has 1 aliphatic heterocycles. The van der Waals surface area contributed by atoms with Crippen molar-refractivity contribution in [3.63, 3.8) is 0 Å². The molecule has 1 N–H and O–H groups in total. The van der Waals surface area contributed by atoms with Crippen LogP contribution in [0.15, 0.2) is 18.2 Å². The van der Waals surface area contributed by atoms with Crippen molar-refractivity contribution in [2.75, 3.05) is 25.2 Å². The van der Waals surface area contributed by atoms with Gasteiger partial charge in [-0.25, -0.2) is 4.79 Å². The quantitative estimate of drug-likeness (QED) is 0.900. The molecule has 102 valence electrons. The highest BCUT2D eigenvalue weighted by molar-refractivity contribution is 5.93. The van der Waals surface area contributed by atoms with Gasteiger partial charge in [0.2, 0.25) is 0 Å². The largest absolute Gasteiger partial charge is 0.489 e. The number of aromatic carboxylic acids is 1. The van der Waals surface area contributed by atoms with Crippen molar-refractivity contribution in [3.05, 3.63) is 23.8 Å². The van der Waals surface area contributed by atoms with Crippen LogP contribution in [0.1, 0.15) is 23.2 Å². The van der Waals surface area contributed by atoms with Crippen molar-refractivity contribution in [2.24, 2.45) is 0 Å². The molecule has 1 aromatic carbocycles. The molecule has 0 amide bonds. The summed E-state index contributed by atoms with van der Waals surface area (Å²) in [6, 6.07) is 5.72. The van der Waals surface area contributed by atoms with Crippen molar-refractivity contribution in [1.82, 2.24) is 0 Å². The third-order valence-electron chi connectivity index (χ3n) is 3.96. The lowest BCUT2D eigenvalue weighted by Gasteiger charge is -2.45. The molecular formula is C14H17NO4. The van der Waals surface area contributed by atoms with Crippen molar-refractivity contribution < 1.29 is 19.4 Å². The molecule has 1 fully saturated rings. The van der Waals surface area contributed by atoms with Gasteiger partial charge in [0.25, 0.3) is 0 Å². The predicted octanol–water partition coefficient (Wildman–Crippen LogP) is 1.76. The molecule has 1 aromatic rings. The SMILES string of the molecule is COC1CC(N2CCOc3c(C(=O)O)cccc32)C1. The lowest BCUT2D eigenvalue weighted by molar-refractivity contribution is 0.0239. The Morgan fingerprint density at radius 1 is 1.47 bits per heavy atom. The van der Waals surface area contributed by atoms with E-state index in [4.69, 9.17) is 9.47 Å². The molecule has 2 aliphatic rings. The number of nitrogens with zero attached hydrogens (tertiary/aromatic N) is 1. The molecule has 0 atom stereocenters. The van der Waals surface area contributed by atoms with Crippen LogP contribution >= 0.6 is 0 Å². The summed E-state index contributed by atoms with van der Waals surface area (Å²) in [6.45, 7) is 1.34. The number of benzene rings is 1. The molecule has 0 bridgehead atoms. The number of methoxy groups -OCH3 is 1. The lowest BCUT2D eigenvalue weighted by Crippen LogP contribution is -2.50. The van der Waals surface area contributed by atoms with Crippen LogP contribution in [0, 0.1) is 0 Å². The number of rotatable bonds is 3. The molecule has 19 heavy (non-hydrogen) atoms. The minimum atomic E-state index is -0.943. The Kier molecular flexibility index (Phi) is 3.06. The van der Waals surface area contributed by atoms with Gasteiger partial charge in [-0.05, 0) is 25.0 Å². The summed E-state index contributed by atoms with van der Waals surface area (Å²) in [4.78, 5) is 13.5. The van der Waals surface area contributed by atoms with E-state index in [0.29, 0.717) is 24.5 Å². The third-order valence-corrected chi connectivity index (χ3v) is 3.96. The number of para-hydroxylation sites is 1. The highest BCUT2D eigenvalue weighted by Crippen LogP contribution is 2.40. The number of fused-ring (bicyclic) bond motifs is 1. The molecule has 5 nitrogen and oxygen atoms in total. The normalized spacial score (nSPS) is 25.2. The molecule has 0 aromatic heterocycles. The number of hydrogen-bond donors (Lipinski definition) is 1. The summed E-state index contributed by atoms with van der Waals surface area (Å²) >= 11 is 0. The summed E-state index contributed by atoms with van der Waals surface area (Å²) in [7, 11) is 1.73. The van der Waals surface area contributed by atoms with Crippen molar-refractivity contribution >= 4 is 11.7 Å². The number of carboxylic acids is 1. The molecule has 1 saturated carbocycles. The van der Waals surface area contributed by atoms with Gasteiger partial charge in [0.15, 0.2) is 5.75 Å². The molecule has 3 rings (SSSR count). The Morgan fingerprint density at radius 3 is 2.95 bits per heavy atom. The number of ether oxygens (including phenoxy) is 2. The van der Waals surface area contributed by atoms with Crippen molar-refractivity contribution in [3.8, 4) is 5.75 Å². The molecule has 0 radical (unpaired) electrons. The first-order chi connectivity index (χ1) is 9.20. The fraction of sp³-hybridized carbons (Fsp3) is 0.500. The highest BCUT2D eigenvalue weighted by Gasteiger charge is 2.36. The second kappa shape index (κ2) is 4.74. The van der Waals surface area contributed by atoms with Crippen molar-refractivity contribution in [1.29, 1.82) is 0 Å². The monoisotopic (exact) mass is 263 g/mol. The Bertz CT molecular complexity index is 496. The van der Waals surface area contributed by atoms with E-state index in [1.54, 1.807) is 19.2 Å². The van der Waals surface area contributed by atoms with Gasteiger partial charge < -0.3 is 19.5 Å². The summed E-state index contributed by atoms with van der Waals surface area (Å²) in [6.07, 6.45) is 2.32. The summed E-state index contributed by atoms with van der Waals surface area (Å²) in [5.41, 5.74) is 1.13. The number of carbonyl (C=O) groups is 1. The van der Waals surface area contributed by atoms with E-state index in [0.717, 1.165) is 25.1 Å². The Balaban J connectivity index is 1.88. The topological polar surface area (TPSA) is 59.0 Å². The van der Waals surface area contributed by atoms with Crippen LogP contribution in [0.2, 0.25) is 0 Å². The molecular weight excluding hydrogens is 246 g/mol. The van der Waals surface area contributed by atoms with Crippen molar-refractivity contribution in [2.45, 2.75) is 25.0 Å². The van der Waals surface area contributed by atoms with E-state index >= 15 is 0 Å². The van der Waals surface area contributed by atoms with Gasteiger partial charge in [-0.3, -0.25) is 0 Å². The van der Waals surface area contributed by atoms with E-state index in [1.807, 2.05) is 6.07 Å². The zero-order chi connectivity index (χ0) is 13.4. The Labute approximate surface area is 111 Å². The lowest BCUT2D eigenvalue weighted by atomic mass is 9.87. The van der Waals surface area contributed by atoms with Gasteiger partial charge in [-0.1, -0.05) is 6.07 Å². The zero-order valence-corrected chi connectivity index (χ0v) is 10.8. The Hall–Kier alpha value is -1.75. The Morgan fingerprint density at radius 2 is 2.26 bits per heavy atom. The fourth-order valence-electron chi connectivity index (χ4n) is 2.80. The van der Waals surface area contributed by atoms with Gasteiger partial charge in [-0.15, -0.1) is 0 Å². The molecule has 0 saturated heterocycles. The standard InChI is InChI=1S/C14H17NO4/c1-18-10-7-9(8-10)15-5-6-19-13-11(14(16)17)3-2-4-12(13)15/h2-4,9-10H,5-8H2,1H3,(H,16,17). The highest BCUT2D eigenvalue weighted by atomic mass is 16.5. The maximum atomic E-state index is 11.2. The van der Waals surface area contributed by atoms with E-state index in [1.165, 1.54) is 0 Å². The van der Waals surface area contributed by atoms with Crippen LogP contribution in [0.5, 0.6) is 5.75 Å². The van der Waals surface area contributed by atoms with Crippen LogP contribution in [-0.2, 0) is 4.74 Å². The van der Waals surface area contributed by atoms with E-state index in [2.05, 4.69) is 4.90 Å².